The van der Waals surface area contributed by atoms with Crippen LogP contribution in [0.1, 0.15) is 44.7 Å². The molecule has 1 saturated carbocycles. The zero-order valence-corrected chi connectivity index (χ0v) is 13.0. The molecule has 1 aromatic heterocycles. The van der Waals surface area contributed by atoms with Gasteiger partial charge in [0.2, 0.25) is 11.8 Å². The summed E-state index contributed by atoms with van der Waals surface area (Å²) in [4.78, 5) is 9.00. The van der Waals surface area contributed by atoms with Gasteiger partial charge in [-0.1, -0.05) is 6.92 Å². The summed E-state index contributed by atoms with van der Waals surface area (Å²) in [6, 6.07) is 2.39. The van der Waals surface area contributed by atoms with Gasteiger partial charge in [0.15, 0.2) is 0 Å². The Morgan fingerprint density at radius 3 is 2.71 bits per heavy atom. The van der Waals surface area contributed by atoms with Crippen LogP contribution in [0.5, 0.6) is 5.88 Å². The fourth-order valence-electron chi connectivity index (χ4n) is 3.03. The largest absolute Gasteiger partial charge is 0.472 e. The fraction of sp³-hybridized carbons (Fsp3) is 0.750. The third kappa shape index (κ3) is 4.06. The average molecular weight is 291 g/mol. The second kappa shape index (κ2) is 6.60. The second-order valence-corrected chi connectivity index (χ2v) is 6.38. The molecule has 5 nitrogen and oxygen atoms in total. The molecular weight excluding hydrogens is 266 g/mol. The lowest BCUT2D eigenvalue weighted by molar-refractivity contribution is 0.138. The van der Waals surface area contributed by atoms with E-state index in [-0.39, 0.29) is 6.10 Å². The zero-order chi connectivity index (χ0) is 14.7. The number of anilines is 1. The van der Waals surface area contributed by atoms with E-state index in [1.807, 2.05) is 13.0 Å². The topological polar surface area (TPSA) is 56.3 Å². The van der Waals surface area contributed by atoms with Gasteiger partial charge in [0, 0.05) is 24.2 Å². The number of nitrogens with zero attached hydrogens (tertiary/aromatic N) is 2. The predicted molar refractivity (Wildman–Crippen MR) is 81.7 cm³/mol. The molecule has 2 heterocycles. The molecule has 2 fully saturated rings. The van der Waals surface area contributed by atoms with Gasteiger partial charge in [0.05, 0.1) is 13.2 Å². The van der Waals surface area contributed by atoms with Gasteiger partial charge < -0.3 is 14.8 Å². The smallest absolute Gasteiger partial charge is 0.226 e. The van der Waals surface area contributed by atoms with E-state index in [0.717, 1.165) is 24.6 Å². The van der Waals surface area contributed by atoms with Crippen LogP contribution in [0.15, 0.2) is 6.07 Å². The highest BCUT2D eigenvalue weighted by molar-refractivity contribution is 5.32. The molecule has 1 aliphatic carbocycles. The molecule has 0 bridgehead atoms. The Bertz CT molecular complexity index is 467. The molecule has 1 saturated heterocycles. The van der Waals surface area contributed by atoms with Crippen LogP contribution in [0, 0.1) is 12.8 Å². The van der Waals surface area contributed by atoms with Gasteiger partial charge in [0.1, 0.15) is 6.10 Å². The van der Waals surface area contributed by atoms with Crippen molar-refractivity contribution in [1.29, 1.82) is 0 Å². The number of hydrogen-bond acceptors (Lipinski definition) is 5. The van der Waals surface area contributed by atoms with Gasteiger partial charge in [-0.3, -0.25) is 0 Å². The molecule has 21 heavy (non-hydrogen) atoms. The van der Waals surface area contributed by atoms with E-state index < -0.39 is 0 Å². The number of aryl methyl sites for hydroxylation is 1. The lowest BCUT2D eigenvalue weighted by atomic mass is 9.87. The Hall–Kier alpha value is -1.36. The summed E-state index contributed by atoms with van der Waals surface area (Å²) in [5.41, 5.74) is 0.936. The van der Waals surface area contributed by atoms with Crippen LogP contribution in [0.4, 0.5) is 5.95 Å². The van der Waals surface area contributed by atoms with E-state index in [4.69, 9.17) is 9.47 Å². The Balaban J connectivity index is 1.63. The van der Waals surface area contributed by atoms with Gasteiger partial charge >= 0.3 is 0 Å². The lowest BCUT2D eigenvalue weighted by Gasteiger charge is -2.27. The SMILES string of the molecule is Cc1cc(O[C@@H]2CCOC2)nc(NC2CCC(C)CC2)n1. The van der Waals surface area contributed by atoms with Crippen LogP contribution in [0.2, 0.25) is 0 Å². The van der Waals surface area contributed by atoms with Crippen molar-refractivity contribution in [2.24, 2.45) is 5.92 Å². The second-order valence-electron chi connectivity index (χ2n) is 6.38. The molecule has 1 aliphatic heterocycles. The number of hydrogen-bond donors (Lipinski definition) is 1. The zero-order valence-electron chi connectivity index (χ0n) is 13.0. The van der Waals surface area contributed by atoms with Crippen LogP contribution < -0.4 is 10.1 Å². The minimum absolute atomic E-state index is 0.127. The van der Waals surface area contributed by atoms with Crippen LogP contribution in [0.3, 0.4) is 0 Å². The summed E-state index contributed by atoms with van der Waals surface area (Å²) >= 11 is 0. The number of aromatic nitrogens is 2. The molecule has 0 aromatic carbocycles. The van der Waals surface area contributed by atoms with Crippen molar-refractivity contribution in [1.82, 2.24) is 9.97 Å². The summed E-state index contributed by atoms with van der Waals surface area (Å²) in [5.74, 6) is 2.20. The fourth-order valence-corrected chi connectivity index (χ4v) is 3.03. The first-order valence-electron chi connectivity index (χ1n) is 8.05. The summed E-state index contributed by atoms with van der Waals surface area (Å²) in [5, 5.41) is 3.47. The maximum absolute atomic E-state index is 5.89. The summed E-state index contributed by atoms with van der Waals surface area (Å²) in [7, 11) is 0. The Kier molecular flexibility index (Phi) is 4.58. The molecule has 2 aliphatic rings. The normalized spacial score (nSPS) is 29.3. The summed E-state index contributed by atoms with van der Waals surface area (Å²) < 4.78 is 11.2. The van der Waals surface area contributed by atoms with E-state index in [1.165, 1.54) is 25.7 Å². The number of rotatable bonds is 4. The van der Waals surface area contributed by atoms with E-state index in [2.05, 4.69) is 22.2 Å². The van der Waals surface area contributed by atoms with Crippen molar-refractivity contribution >= 4 is 5.95 Å². The van der Waals surface area contributed by atoms with Crippen molar-refractivity contribution in [2.45, 2.75) is 58.1 Å². The lowest BCUT2D eigenvalue weighted by Crippen LogP contribution is -2.26. The van der Waals surface area contributed by atoms with Crippen molar-refractivity contribution < 1.29 is 9.47 Å². The highest BCUT2D eigenvalue weighted by Crippen LogP contribution is 2.26. The molecule has 5 heteroatoms. The summed E-state index contributed by atoms with van der Waals surface area (Å²) in [6.45, 7) is 5.75. The maximum atomic E-state index is 5.89. The third-order valence-electron chi connectivity index (χ3n) is 4.36. The molecule has 3 rings (SSSR count). The van der Waals surface area contributed by atoms with Gasteiger partial charge in [-0.25, -0.2) is 4.98 Å². The van der Waals surface area contributed by atoms with Gasteiger partial charge in [0.25, 0.3) is 0 Å². The van der Waals surface area contributed by atoms with Crippen molar-refractivity contribution in [3.63, 3.8) is 0 Å². The molecule has 0 spiro atoms. The van der Waals surface area contributed by atoms with Crippen molar-refractivity contribution in [2.75, 3.05) is 18.5 Å². The molecule has 0 amide bonds. The minimum Gasteiger partial charge on any atom is -0.472 e. The molecule has 0 radical (unpaired) electrons. The quantitative estimate of drug-likeness (QED) is 0.924. The minimum atomic E-state index is 0.127. The van der Waals surface area contributed by atoms with Crippen LogP contribution in [0.25, 0.3) is 0 Å². The van der Waals surface area contributed by atoms with E-state index in [1.54, 1.807) is 0 Å². The van der Waals surface area contributed by atoms with E-state index in [9.17, 15) is 0 Å². The molecule has 1 atom stereocenters. The molecule has 0 unspecified atom stereocenters. The first-order valence-corrected chi connectivity index (χ1v) is 8.05. The highest BCUT2D eigenvalue weighted by Gasteiger charge is 2.20. The van der Waals surface area contributed by atoms with Crippen LogP contribution in [-0.4, -0.2) is 35.3 Å². The van der Waals surface area contributed by atoms with Crippen LogP contribution >= 0.6 is 0 Å². The average Bonchev–Trinajstić information content (AvgIpc) is 2.93. The molecule has 1 aromatic rings. The summed E-state index contributed by atoms with van der Waals surface area (Å²) in [6.07, 6.45) is 6.03. The van der Waals surface area contributed by atoms with E-state index >= 15 is 0 Å². The molecule has 116 valence electrons. The van der Waals surface area contributed by atoms with Gasteiger partial charge in [-0.15, -0.1) is 0 Å². The molecular formula is C16H25N3O2. The van der Waals surface area contributed by atoms with Crippen molar-refractivity contribution in [3.05, 3.63) is 11.8 Å². The first-order chi connectivity index (χ1) is 10.2. The van der Waals surface area contributed by atoms with Gasteiger partial charge in [-0.05, 0) is 38.5 Å². The third-order valence-corrected chi connectivity index (χ3v) is 4.36. The van der Waals surface area contributed by atoms with E-state index in [0.29, 0.717) is 24.5 Å². The Labute approximate surface area is 126 Å². The maximum Gasteiger partial charge on any atom is 0.226 e. The first kappa shape index (κ1) is 14.6. The number of nitrogens with one attached hydrogen (secondary N) is 1. The Morgan fingerprint density at radius 1 is 1.19 bits per heavy atom. The highest BCUT2D eigenvalue weighted by atomic mass is 16.5. The van der Waals surface area contributed by atoms with Gasteiger partial charge in [-0.2, -0.15) is 4.98 Å². The molecule has 1 N–H and O–H groups in total. The number of ether oxygens (including phenoxy) is 2. The van der Waals surface area contributed by atoms with Crippen molar-refractivity contribution in [3.8, 4) is 5.88 Å². The Morgan fingerprint density at radius 2 is 2.00 bits per heavy atom. The monoisotopic (exact) mass is 291 g/mol. The van der Waals surface area contributed by atoms with Crippen LogP contribution in [-0.2, 0) is 4.74 Å². The standard InChI is InChI=1S/C16H25N3O2/c1-11-3-5-13(6-4-11)18-16-17-12(2)9-15(19-16)21-14-7-8-20-10-14/h9,11,13-14H,3-8,10H2,1-2H3,(H,17,18,19)/t11?,13?,14-/m1/s1. The predicted octanol–water partition coefficient (Wildman–Crippen LogP) is 2.94.